The van der Waals surface area contributed by atoms with Crippen molar-refractivity contribution in [3.05, 3.63) is 81.6 Å². The lowest BCUT2D eigenvalue weighted by Gasteiger charge is -2.14. The molecule has 2 N–H and O–H groups in total. The molecule has 34 heavy (non-hydrogen) atoms. The van der Waals surface area contributed by atoms with Crippen LogP contribution in [0.1, 0.15) is 45.2 Å². The zero-order valence-electron chi connectivity index (χ0n) is 19.1. The summed E-state index contributed by atoms with van der Waals surface area (Å²) in [5, 5.41) is 12.4. The number of carbonyl (C=O) groups excluding carboxylic acids is 1. The summed E-state index contributed by atoms with van der Waals surface area (Å²) in [6, 6.07) is 12.6. The van der Waals surface area contributed by atoms with Crippen molar-refractivity contribution in [1.29, 1.82) is 0 Å². The van der Waals surface area contributed by atoms with Crippen LogP contribution in [0.15, 0.2) is 48.5 Å². The molecule has 0 saturated heterocycles. The zero-order chi connectivity index (χ0) is 24.8. The molecule has 3 aromatic carbocycles. The number of methoxy groups -OCH3 is 1. The van der Waals surface area contributed by atoms with Gasteiger partial charge in [0.05, 0.1) is 29.9 Å². The third-order valence-electron chi connectivity index (χ3n) is 5.23. The number of hydrogen-bond acceptors (Lipinski definition) is 4. The largest absolute Gasteiger partial charge is 0.496 e. The number of amides is 1. The molecule has 0 aliphatic carbocycles. The van der Waals surface area contributed by atoms with Crippen molar-refractivity contribution >= 4 is 23.5 Å². The standard InChI is InChI=1S/C26H25ClFNO5/c1-4-9-34-18-6-7-19(22(27)12-18)25(30)29-14-17-11-16(5-8-24(17)33-3)20-13-21(26(31)32)23(28)10-15(20)2/h5-8,10-13H,4,9,14H2,1-3H3,(H,29,30)(H,31,32). The van der Waals surface area contributed by atoms with Gasteiger partial charge in [-0.3, -0.25) is 4.79 Å². The Morgan fingerprint density at radius 2 is 1.85 bits per heavy atom. The average Bonchev–Trinajstić information content (AvgIpc) is 2.81. The summed E-state index contributed by atoms with van der Waals surface area (Å²) in [4.78, 5) is 24.1. The molecule has 6 nitrogen and oxygen atoms in total. The molecular weight excluding hydrogens is 461 g/mol. The van der Waals surface area contributed by atoms with E-state index in [1.807, 2.05) is 6.92 Å². The highest BCUT2D eigenvalue weighted by molar-refractivity contribution is 6.34. The molecule has 1 amide bonds. The molecular formula is C26H25ClFNO5. The first-order chi connectivity index (χ1) is 16.2. The van der Waals surface area contributed by atoms with E-state index >= 15 is 0 Å². The number of carboxylic acids is 1. The van der Waals surface area contributed by atoms with E-state index in [0.29, 0.717) is 45.9 Å². The third-order valence-corrected chi connectivity index (χ3v) is 5.55. The number of benzene rings is 3. The number of carboxylic acid groups (broad SMARTS) is 1. The predicted molar refractivity (Wildman–Crippen MR) is 128 cm³/mol. The van der Waals surface area contributed by atoms with E-state index in [1.165, 1.54) is 19.2 Å². The van der Waals surface area contributed by atoms with Crippen molar-refractivity contribution in [2.75, 3.05) is 13.7 Å². The second-order valence-corrected chi connectivity index (χ2v) is 8.06. The summed E-state index contributed by atoms with van der Waals surface area (Å²) < 4.78 is 25.0. The monoisotopic (exact) mass is 485 g/mol. The smallest absolute Gasteiger partial charge is 0.338 e. The van der Waals surface area contributed by atoms with Gasteiger partial charge in [0.1, 0.15) is 17.3 Å². The van der Waals surface area contributed by atoms with Crippen molar-refractivity contribution in [1.82, 2.24) is 5.32 Å². The average molecular weight is 486 g/mol. The lowest BCUT2D eigenvalue weighted by molar-refractivity contribution is 0.0691. The van der Waals surface area contributed by atoms with Gasteiger partial charge in [0.15, 0.2) is 0 Å². The SMILES string of the molecule is CCCOc1ccc(C(=O)NCc2cc(-c3cc(C(=O)O)c(F)cc3C)ccc2OC)c(Cl)c1. The van der Waals surface area contributed by atoms with Crippen molar-refractivity contribution < 1.29 is 28.6 Å². The molecule has 3 aromatic rings. The minimum atomic E-state index is -1.34. The lowest BCUT2D eigenvalue weighted by Crippen LogP contribution is -2.23. The van der Waals surface area contributed by atoms with Crippen LogP contribution in [0.4, 0.5) is 4.39 Å². The normalized spacial score (nSPS) is 10.6. The molecule has 0 saturated carbocycles. The second-order valence-electron chi connectivity index (χ2n) is 7.65. The van der Waals surface area contributed by atoms with Gasteiger partial charge >= 0.3 is 5.97 Å². The van der Waals surface area contributed by atoms with E-state index in [9.17, 15) is 19.1 Å². The number of aromatic carboxylic acids is 1. The Hall–Kier alpha value is -3.58. The van der Waals surface area contributed by atoms with Gasteiger partial charge < -0.3 is 19.9 Å². The minimum Gasteiger partial charge on any atom is -0.496 e. The molecule has 0 bridgehead atoms. The molecule has 0 unspecified atom stereocenters. The zero-order valence-corrected chi connectivity index (χ0v) is 19.8. The topological polar surface area (TPSA) is 84.9 Å². The van der Waals surface area contributed by atoms with Crippen LogP contribution in [0.25, 0.3) is 11.1 Å². The summed E-state index contributed by atoms with van der Waals surface area (Å²) in [5.41, 5.74) is 2.38. The number of nitrogens with one attached hydrogen (secondary N) is 1. The van der Waals surface area contributed by atoms with Crippen LogP contribution in [0.2, 0.25) is 5.02 Å². The third kappa shape index (κ3) is 5.66. The Balaban J connectivity index is 1.85. The summed E-state index contributed by atoms with van der Waals surface area (Å²) in [6.45, 7) is 4.38. The Labute approximate surface area is 202 Å². The molecule has 0 radical (unpaired) electrons. The fourth-order valence-corrected chi connectivity index (χ4v) is 3.75. The number of halogens is 2. The van der Waals surface area contributed by atoms with Gasteiger partial charge in [-0.15, -0.1) is 0 Å². The maximum Gasteiger partial charge on any atom is 0.338 e. The molecule has 0 aliphatic heterocycles. The molecule has 0 aromatic heterocycles. The van der Waals surface area contributed by atoms with Gasteiger partial charge in [-0.05, 0) is 72.5 Å². The van der Waals surface area contributed by atoms with Crippen LogP contribution in [0, 0.1) is 12.7 Å². The first-order valence-corrected chi connectivity index (χ1v) is 11.0. The van der Waals surface area contributed by atoms with Gasteiger partial charge in [0, 0.05) is 12.1 Å². The Bertz CT molecular complexity index is 1230. The van der Waals surface area contributed by atoms with Crippen LogP contribution < -0.4 is 14.8 Å². The molecule has 8 heteroatoms. The van der Waals surface area contributed by atoms with Crippen LogP contribution >= 0.6 is 11.6 Å². The summed E-state index contributed by atoms with van der Waals surface area (Å²) in [7, 11) is 1.51. The van der Waals surface area contributed by atoms with Crippen molar-refractivity contribution in [2.45, 2.75) is 26.8 Å². The molecule has 0 spiro atoms. The first kappa shape index (κ1) is 25.1. The highest BCUT2D eigenvalue weighted by Crippen LogP contribution is 2.31. The fourth-order valence-electron chi connectivity index (χ4n) is 3.49. The first-order valence-electron chi connectivity index (χ1n) is 10.7. The Kier molecular flexibility index (Phi) is 8.12. The molecule has 3 rings (SSSR count). The second kappa shape index (κ2) is 11.0. The maximum atomic E-state index is 14.0. The number of aryl methyl sites for hydroxylation is 1. The minimum absolute atomic E-state index is 0.131. The maximum absolute atomic E-state index is 14.0. The highest BCUT2D eigenvalue weighted by Gasteiger charge is 2.17. The molecule has 178 valence electrons. The highest BCUT2D eigenvalue weighted by atomic mass is 35.5. The van der Waals surface area contributed by atoms with Crippen molar-refractivity contribution in [3.63, 3.8) is 0 Å². The summed E-state index contributed by atoms with van der Waals surface area (Å²) in [6.07, 6.45) is 0.857. The van der Waals surface area contributed by atoms with Crippen LogP contribution in [0.3, 0.4) is 0 Å². The molecule has 0 atom stereocenters. The van der Waals surface area contributed by atoms with Crippen molar-refractivity contribution in [3.8, 4) is 22.6 Å². The van der Waals surface area contributed by atoms with Gasteiger partial charge in [-0.2, -0.15) is 0 Å². The van der Waals surface area contributed by atoms with Crippen LogP contribution in [-0.2, 0) is 6.54 Å². The molecule has 0 heterocycles. The quantitative estimate of drug-likeness (QED) is 0.395. The van der Waals surface area contributed by atoms with Crippen LogP contribution in [0.5, 0.6) is 11.5 Å². The van der Waals surface area contributed by atoms with E-state index in [0.717, 1.165) is 6.42 Å². The molecule has 0 aliphatic rings. The number of ether oxygens (including phenoxy) is 2. The number of carbonyl (C=O) groups is 2. The summed E-state index contributed by atoms with van der Waals surface area (Å²) in [5.74, 6) is -1.38. The van der Waals surface area contributed by atoms with Crippen molar-refractivity contribution in [2.24, 2.45) is 0 Å². The number of rotatable bonds is 9. The van der Waals surface area contributed by atoms with Gasteiger partial charge in [0.2, 0.25) is 0 Å². The van der Waals surface area contributed by atoms with E-state index in [2.05, 4.69) is 5.32 Å². The van der Waals surface area contributed by atoms with E-state index in [-0.39, 0.29) is 17.5 Å². The summed E-state index contributed by atoms with van der Waals surface area (Å²) >= 11 is 6.28. The van der Waals surface area contributed by atoms with E-state index < -0.39 is 17.3 Å². The lowest BCUT2D eigenvalue weighted by atomic mass is 9.96. The van der Waals surface area contributed by atoms with Gasteiger partial charge in [0.25, 0.3) is 5.91 Å². The number of hydrogen-bond donors (Lipinski definition) is 2. The predicted octanol–water partition coefficient (Wildman–Crippen LogP) is 5.88. The Morgan fingerprint density at radius 3 is 2.50 bits per heavy atom. The van der Waals surface area contributed by atoms with Gasteiger partial charge in [-0.1, -0.05) is 24.6 Å². The van der Waals surface area contributed by atoms with Gasteiger partial charge in [-0.25, -0.2) is 9.18 Å². The van der Waals surface area contributed by atoms with Crippen LogP contribution in [-0.4, -0.2) is 30.7 Å². The van der Waals surface area contributed by atoms with E-state index in [1.54, 1.807) is 43.3 Å². The Morgan fingerprint density at radius 1 is 1.09 bits per heavy atom. The fraction of sp³-hybridized carbons (Fsp3) is 0.231. The molecule has 0 fully saturated rings. The van der Waals surface area contributed by atoms with E-state index in [4.69, 9.17) is 21.1 Å².